The number of hydrogen-bond donors (Lipinski definition) is 0. The molecule has 0 radical (unpaired) electrons. The van der Waals surface area contributed by atoms with Crippen molar-refractivity contribution in [3.8, 4) is 11.5 Å². The molecule has 1 aliphatic rings. The zero-order valence-electron chi connectivity index (χ0n) is 25.4. The van der Waals surface area contributed by atoms with E-state index >= 15 is 0 Å². The number of carbonyl (C=O) groups is 1. The van der Waals surface area contributed by atoms with Crippen molar-refractivity contribution in [3.63, 3.8) is 0 Å². The smallest absolute Gasteiger partial charge is 0.224 e. The van der Waals surface area contributed by atoms with Crippen LogP contribution in [0.5, 0.6) is 11.5 Å². The van der Waals surface area contributed by atoms with Gasteiger partial charge in [-0.2, -0.15) is 0 Å². The molecule has 202 valence electrons. The third kappa shape index (κ3) is 6.36. The summed E-state index contributed by atoms with van der Waals surface area (Å²) in [5.74, 6) is 1.91. The van der Waals surface area contributed by atoms with Gasteiger partial charge in [-0.15, -0.1) is 0 Å². The SMILES string of the molecule is CCOC1=C(C(C)(C)C)C(Oc2c(C(C)(C)C)ccc(C(C)(C)C)c2OCC)C=C(C(C)(C)C)C1=O. The molecule has 0 aromatic heterocycles. The van der Waals surface area contributed by atoms with Gasteiger partial charge in [0, 0.05) is 22.3 Å². The first-order valence-electron chi connectivity index (χ1n) is 13.4. The molecule has 0 amide bonds. The van der Waals surface area contributed by atoms with E-state index in [1.165, 1.54) is 0 Å². The first-order chi connectivity index (χ1) is 16.2. The second-order valence-electron chi connectivity index (χ2n) is 13.9. The Balaban J connectivity index is 2.94. The summed E-state index contributed by atoms with van der Waals surface area (Å²) in [7, 11) is 0. The van der Waals surface area contributed by atoms with E-state index in [0.717, 1.165) is 28.2 Å². The van der Waals surface area contributed by atoms with Crippen LogP contribution >= 0.6 is 0 Å². The Morgan fingerprint density at radius 1 is 0.667 bits per heavy atom. The number of Topliss-reactive ketones (excluding diaryl/α,β-unsaturated/α-hetero) is 1. The fourth-order valence-corrected chi connectivity index (χ4v) is 4.70. The molecule has 0 saturated carbocycles. The van der Waals surface area contributed by atoms with Crippen molar-refractivity contribution >= 4 is 5.78 Å². The fourth-order valence-electron chi connectivity index (χ4n) is 4.70. The van der Waals surface area contributed by atoms with E-state index in [1.54, 1.807) is 0 Å². The number of ketones is 1. The van der Waals surface area contributed by atoms with Crippen molar-refractivity contribution in [2.24, 2.45) is 10.8 Å². The van der Waals surface area contributed by atoms with Crippen LogP contribution in [0.15, 0.2) is 35.1 Å². The van der Waals surface area contributed by atoms with Gasteiger partial charge in [-0.05, 0) is 41.6 Å². The van der Waals surface area contributed by atoms with Crippen LogP contribution in [0.3, 0.4) is 0 Å². The van der Waals surface area contributed by atoms with Crippen molar-refractivity contribution in [3.05, 3.63) is 46.2 Å². The van der Waals surface area contributed by atoms with Gasteiger partial charge in [0.25, 0.3) is 0 Å². The van der Waals surface area contributed by atoms with Gasteiger partial charge in [-0.1, -0.05) is 95.2 Å². The molecular formula is C32H50O4. The highest BCUT2D eigenvalue weighted by Crippen LogP contribution is 2.48. The lowest BCUT2D eigenvalue weighted by Crippen LogP contribution is -2.37. The predicted molar refractivity (Wildman–Crippen MR) is 150 cm³/mol. The Kier molecular flexibility index (Phi) is 8.55. The molecule has 0 saturated heterocycles. The Hall–Kier alpha value is -2.23. The van der Waals surface area contributed by atoms with Crippen molar-refractivity contribution in [1.29, 1.82) is 0 Å². The maximum absolute atomic E-state index is 13.7. The molecule has 0 bridgehead atoms. The number of allylic oxidation sites excluding steroid dienone is 1. The fraction of sp³-hybridized carbons (Fsp3) is 0.656. The van der Waals surface area contributed by atoms with Crippen molar-refractivity contribution in [1.82, 2.24) is 0 Å². The Bertz CT molecular complexity index is 1030. The number of benzene rings is 1. The molecule has 0 heterocycles. The molecule has 0 spiro atoms. The number of ether oxygens (including phenoxy) is 3. The van der Waals surface area contributed by atoms with E-state index in [4.69, 9.17) is 14.2 Å². The summed E-state index contributed by atoms with van der Waals surface area (Å²) in [6.07, 6.45) is 1.55. The third-order valence-corrected chi connectivity index (χ3v) is 6.46. The first-order valence-corrected chi connectivity index (χ1v) is 13.4. The minimum atomic E-state index is -0.464. The van der Waals surface area contributed by atoms with E-state index in [0.29, 0.717) is 24.5 Å². The highest BCUT2D eigenvalue weighted by molar-refractivity contribution is 6.09. The summed E-state index contributed by atoms with van der Waals surface area (Å²) in [4.78, 5) is 13.7. The van der Waals surface area contributed by atoms with Crippen molar-refractivity contribution < 1.29 is 19.0 Å². The summed E-state index contributed by atoms with van der Waals surface area (Å²) >= 11 is 0. The van der Waals surface area contributed by atoms with Crippen molar-refractivity contribution in [2.45, 2.75) is 114 Å². The number of carbonyl (C=O) groups excluding carboxylic acids is 1. The average Bonchev–Trinajstić information content (AvgIpc) is 2.67. The highest BCUT2D eigenvalue weighted by Gasteiger charge is 2.42. The zero-order valence-corrected chi connectivity index (χ0v) is 25.4. The van der Waals surface area contributed by atoms with Gasteiger partial charge >= 0.3 is 0 Å². The molecule has 0 fully saturated rings. The van der Waals surface area contributed by atoms with Crippen LogP contribution in [0.25, 0.3) is 0 Å². The van der Waals surface area contributed by atoms with E-state index < -0.39 is 6.10 Å². The maximum atomic E-state index is 13.7. The number of hydrogen-bond acceptors (Lipinski definition) is 4. The average molecular weight is 499 g/mol. The van der Waals surface area contributed by atoms with E-state index in [2.05, 4.69) is 95.2 Å². The second kappa shape index (κ2) is 10.3. The minimum absolute atomic E-state index is 0.0429. The highest BCUT2D eigenvalue weighted by atomic mass is 16.5. The normalized spacial score (nSPS) is 17.8. The molecule has 36 heavy (non-hydrogen) atoms. The largest absolute Gasteiger partial charge is 0.490 e. The molecule has 2 rings (SSSR count). The van der Waals surface area contributed by atoms with Crippen LogP contribution in [0.1, 0.15) is 108 Å². The topological polar surface area (TPSA) is 44.8 Å². The molecule has 1 aliphatic carbocycles. The Morgan fingerprint density at radius 3 is 1.53 bits per heavy atom. The third-order valence-electron chi connectivity index (χ3n) is 6.46. The Morgan fingerprint density at radius 2 is 1.14 bits per heavy atom. The monoisotopic (exact) mass is 498 g/mol. The van der Waals surface area contributed by atoms with Crippen LogP contribution < -0.4 is 9.47 Å². The van der Waals surface area contributed by atoms with E-state index in [9.17, 15) is 4.79 Å². The van der Waals surface area contributed by atoms with Gasteiger partial charge in [-0.3, -0.25) is 4.79 Å². The molecular weight excluding hydrogens is 448 g/mol. The summed E-state index contributed by atoms with van der Waals surface area (Å²) < 4.78 is 19.4. The number of rotatable bonds is 6. The summed E-state index contributed by atoms with van der Waals surface area (Å²) in [6.45, 7) is 30.5. The van der Waals surface area contributed by atoms with Crippen LogP contribution in [0.4, 0.5) is 0 Å². The van der Waals surface area contributed by atoms with Crippen LogP contribution in [-0.4, -0.2) is 25.1 Å². The minimum Gasteiger partial charge on any atom is -0.490 e. The van der Waals surface area contributed by atoms with Crippen LogP contribution in [-0.2, 0) is 20.4 Å². The van der Waals surface area contributed by atoms with Gasteiger partial charge in [0.05, 0.1) is 13.2 Å². The summed E-state index contributed by atoms with van der Waals surface area (Å²) in [5.41, 5.74) is 2.75. The molecule has 1 aromatic carbocycles. The van der Waals surface area contributed by atoms with Crippen LogP contribution in [0, 0.1) is 10.8 Å². The lowest BCUT2D eigenvalue weighted by Gasteiger charge is -2.38. The molecule has 1 atom stereocenters. The van der Waals surface area contributed by atoms with Gasteiger partial charge in [0.1, 0.15) is 6.10 Å². The van der Waals surface area contributed by atoms with E-state index in [-0.39, 0.29) is 27.4 Å². The van der Waals surface area contributed by atoms with Gasteiger partial charge < -0.3 is 14.2 Å². The molecule has 0 N–H and O–H groups in total. The van der Waals surface area contributed by atoms with Crippen molar-refractivity contribution in [2.75, 3.05) is 13.2 Å². The first kappa shape index (κ1) is 30.0. The second-order valence-corrected chi connectivity index (χ2v) is 13.9. The molecule has 4 heteroatoms. The van der Waals surface area contributed by atoms with Crippen LogP contribution in [0.2, 0.25) is 0 Å². The molecule has 1 aromatic rings. The quantitative estimate of drug-likeness (QED) is 0.395. The van der Waals surface area contributed by atoms with Gasteiger partial charge in [-0.25, -0.2) is 0 Å². The predicted octanol–water partition coefficient (Wildman–Crippen LogP) is 8.32. The standard InChI is InChI=1S/C32H50O4/c1-15-34-26-20(29(3,4)5)17-18-21(30(6,7)8)27(26)36-23-19-22(31(9,10)11)25(33)28(35-16-2)24(23)32(12,13)14/h17-19,23H,15-16H2,1-14H3. The van der Waals surface area contributed by atoms with Gasteiger partial charge in [0.15, 0.2) is 17.3 Å². The molecule has 1 unspecified atom stereocenters. The molecule has 4 nitrogen and oxygen atoms in total. The van der Waals surface area contributed by atoms with Gasteiger partial charge in [0.2, 0.25) is 5.78 Å². The Labute approximate surface area is 220 Å². The maximum Gasteiger partial charge on any atom is 0.224 e. The lowest BCUT2D eigenvalue weighted by molar-refractivity contribution is -0.117. The molecule has 0 aliphatic heterocycles. The summed E-state index contributed by atoms with van der Waals surface area (Å²) in [5, 5.41) is 0. The summed E-state index contributed by atoms with van der Waals surface area (Å²) in [6, 6.07) is 4.34. The lowest BCUT2D eigenvalue weighted by atomic mass is 9.73. The van der Waals surface area contributed by atoms with E-state index in [1.807, 2.05) is 19.9 Å². The zero-order chi connectivity index (χ0) is 27.9.